The van der Waals surface area contributed by atoms with Gasteiger partial charge in [0, 0.05) is 18.1 Å². The molecule has 0 saturated heterocycles. The van der Waals surface area contributed by atoms with Crippen molar-refractivity contribution in [3.8, 4) is 11.5 Å². The minimum atomic E-state index is -0.570. The molecule has 0 aliphatic carbocycles. The van der Waals surface area contributed by atoms with Gasteiger partial charge in [-0.25, -0.2) is 9.59 Å². The highest BCUT2D eigenvalue weighted by Gasteiger charge is 2.24. The zero-order valence-corrected chi connectivity index (χ0v) is 18.6. The molecular weight excluding hydrogens is 390 g/mol. The lowest BCUT2D eigenvalue weighted by Gasteiger charge is -2.24. The van der Waals surface area contributed by atoms with Crippen LogP contribution in [0.1, 0.15) is 56.1 Å². The highest BCUT2D eigenvalue weighted by Crippen LogP contribution is 2.37. The lowest BCUT2D eigenvalue weighted by molar-refractivity contribution is 0.0726. The van der Waals surface area contributed by atoms with Crippen LogP contribution in [0.15, 0.2) is 36.4 Å². The Bertz CT molecular complexity index is 898. The Morgan fingerprint density at radius 3 is 2.24 bits per heavy atom. The van der Waals surface area contributed by atoms with Crippen LogP contribution in [0.5, 0.6) is 11.5 Å². The standard InChI is InChI=1S/C23H28ClNO4/c1-7-25(8-2)22(27)28-19-14-17(23(4,5)6)12-15(3)20(19)29-21(26)16-10-9-11-18(24)13-16/h9-14H,7-8H2,1-6H3. The van der Waals surface area contributed by atoms with E-state index in [-0.39, 0.29) is 16.9 Å². The Hall–Kier alpha value is -2.53. The summed E-state index contributed by atoms with van der Waals surface area (Å²) < 4.78 is 11.3. The highest BCUT2D eigenvalue weighted by atomic mass is 35.5. The van der Waals surface area contributed by atoms with E-state index >= 15 is 0 Å². The number of hydrogen-bond acceptors (Lipinski definition) is 4. The van der Waals surface area contributed by atoms with Gasteiger partial charge in [0.25, 0.3) is 0 Å². The van der Waals surface area contributed by atoms with E-state index in [4.69, 9.17) is 21.1 Å². The molecule has 0 aliphatic heterocycles. The maximum absolute atomic E-state index is 12.7. The van der Waals surface area contributed by atoms with Gasteiger partial charge in [-0.2, -0.15) is 0 Å². The fourth-order valence-electron chi connectivity index (χ4n) is 2.79. The number of carbonyl (C=O) groups excluding carboxylic acids is 2. The molecule has 156 valence electrons. The predicted octanol–water partition coefficient (Wildman–Crippen LogP) is 6.01. The average Bonchev–Trinajstić information content (AvgIpc) is 2.64. The largest absolute Gasteiger partial charge is 0.419 e. The van der Waals surface area contributed by atoms with Gasteiger partial charge in [-0.1, -0.05) is 44.5 Å². The number of hydrogen-bond donors (Lipinski definition) is 0. The Balaban J connectivity index is 2.46. The number of benzene rings is 2. The summed E-state index contributed by atoms with van der Waals surface area (Å²) in [6.45, 7) is 12.8. The van der Waals surface area contributed by atoms with Gasteiger partial charge in [0.15, 0.2) is 11.5 Å². The van der Waals surface area contributed by atoms with Crippen molar-refractivity contribution in [2.24, 2.45) is 0 Å². The molecular formula is C23H28ClNO4. The van der Waals surface area contributed by atoms with Gasteiger partial charge in [0.05, 0.1) is 5.56 Å². The summed E-state index contributed by atoms with van der Waals surface area (Å²) in [5.74, 6) is -0.120. The molecule has 29 heavy (non-hydrogen) atoms. The third kappa shape index (κ3) is 5.73. The fraction of sp³-hybridized carbons (Fsp3) is 0.391. The summed E-state index contributed by atoms with van der Waals surface area (Å²) in [4.78, 5) is 26.8. The zero-order chi connectivity index (χ0) is 21.8. The molecule has 2 aromatic rings. The van der Waals surface area contributed by atoms with Crippen molar-refractivity contribution >= 4 is 23.7 Å². The zero-order valence-electron chi connectivity index (χ0n) is 17.8. The quantitative estimate of drug-likeness (QED) is 0.441. The van der Waals surface area contributed by atoms with Crippen molar-refractivity contribution in [1.29, 1.82) is 0 Å². The van der Waals surface area contributed by atoms with Gasteiger partial charge in [-0.3, -0.25) is 0 Å². The van der Waals surface area contributed by atoms with Gasteiger partial charge in [-0.15, -0.1) is 0 Å². The molecule has 0 aliphatic rings. The third-order valence-electron chi connectivity index (χ3n) is 4.58. The minimum Gasteiger partial charge on any atom is -0.419 e. The van der Waals surface area contributed by atoms with E-state index in [0.29, 0.717) is 29.2 Å². The first-order valence-electron chi connectivity index (χ1n) is 9.66. The van der Waals surface area contributed by atoms with E-state index in [1.807, 2.05) is 26.8 Å². The lowest BCUT2D eigenvalue weighted by atomic mass is 9.86. The van der Waals surface area contributed by atoms with Gasteiger partial charge in [-0.05, 0) is 61.6 Å². The van der Waals surface area contributed by atoms with Crippen molar-refractivity contribution in [2.75, 3.05) is 13.1 Å². The molecule has 0 fully saturated rings. The van der Waals surface area contributed by atoms with Crippen LogP contribution in [-0.4, -0.2) is 30.1 Å². The second-order valence-corrected chi connectivity index (χ2v) is 8.25. The summed E-state index contributed by atoms with van der Waals surface area (Å²) in [5, 5.41) is 0.437. The van der Waals surface area contributed by atoms with Crippen LogP contribution >= 0.6 is 11.6 Å². The van der Waals surface area contributed by atoms with Gasteiger partial charge < -0.3 is 14.4 Å². The molecule has 0 unspecified atom stereocenters. The molecule has 0 saturated carbocycles. The predicted molar refractivity (Wildman–Crippen MR) is 115 cm³/mol. The fourth-order valence-corrected chi connectivity index (χ4v) is 2.98. The number of rotatable bonds is 5. The molecule has 2 aromatic carbocycles. The van der Waals surface area contributed by atoms with Crippen LogP contribution in [0.2, 0.25) is 5.02 Å². The minimum absolute atomic E-state index is 0.170. The smallest absolute Gasteiger partial charge is 0.415 e. The Labute approximate surface area is 177 Å². The molecule has 0 atom stereocenters. The van der Waals surface area contributed by atoms with E-state index in [2.05, 4.69) is 20.8 Å². The Morgan fingerprint density at radius 1 is 1.03 bits per heavy atom. The first-order valence-corrected chi connectivity index (χ1v) is 10.0. The second kappa shape index (κ2) is 9.31. The average molecular weight is 418 g/mol. The molecule has 0 radical (unpaired) electrons. The van der Waals surface area contributed by atoms with Crippen molar-refractivity contribution in [1.82, 2.24) is 4.90 Å². The van der Waals surface area contributed by atoms with Crippen LogP contribution in [0.3, 0.4) is 0 Å². The molecule has 5 nitrogen and oxygen atoms in total. The van der Waals surface area contributed by atoms with Crippen LogP contribution in [0, 0.1) is 6.92 Å². The van der Waals surface area contributed by atoms with E-state index in [1.165, 1.54) is 6.07 Å². The maximum atomic E-state index is 12.7. The van der Waals surface area contributed by atoms with Gasteiger partial charge in [0.2, 0.25) is 0 Å². The summed E-state index contributed by atoms with van der Waals surface area (Å²) >= 11 is 5.98. The maximum Gasteiger partial charge on any atom is 0.415 e. The first-order chi connectivity index (χ1) is 13.6. The lowest BCUT2D eigenvalue weighted by Crippen LogP contribution is -2.33. The molecule has 6 heteroatoms. The number of amides is 1. The second-order valence-electron chi connectivity index (χ2n) is 7.81. The topological polar surface area (TPSA) is 55.8 Å². The van der Waals surface area contributed by atoms with Crippen LogP contribution < -0.4 is 9.47 Å². The van der Waals surface area contributed by atoms with Gasteiger partial charge in [0.1, 0.15) is 0 Å². The summed E-state index contributed by atoms with van der Waals surface area (Å²) in [6.07, 6.45) is -0.486. The normalized spacial score (nSPS) is 11.1. The number of esters is 1. The van der Waals surface area contributed by atoms with Crippen molar-refractivity contribution in [3.05, 3.63) is 58.1 Å². The molecule has 1 amide bonds. The monoisotopic (exact) mass is 417 g/mol. The van der Waals surface area contributed by atoms with E-state index in [0.717, 1.165) is 5.56 Å². The molecule has 2 rings (SSSR count). The Kier molecular flexibility index (Phi) is 7.31. The molecule has 0 bridgehead atoms. The number of ether oxygens (including phenoxy) is 2. The summed E-state index contributed by atoms with van der Waals surface area (Å²) in [7, 11) is 0. The number of nitrogens with zero attached hydrogens (tertiary/aromatic N) is 1. The number of halogens is 1. The van der Waals surface area contributed by atoms with Crippen molar-refractivity contribution in [3.63, 3.8) is 0 Å². The van der Waals surface area contributed by atoms with Crippen molar-refractivity contribution < 1.29 is 19.1 Å². The SMILES string of the molecule is CCN(CC)C(=O)Oc1cc(C(C)(C)C)cc(C)c1OC(=O)c1cccc(Cl)c1. The molecule has 0 aromatic heterocycles. The highest BCUT2D eigenvalue weighted by molar-refractivity contribution is 6.30. The van der Waals surface area contributed by atoms with Gasteiger partial charge >= 0.3 is 12.1 Å². The number of carbonyl (C=O) groups is 2. The first kappa shape index (κ1) is 22.8. The summed E-state index contributed by atoms with van der Waals surface area (Å²) in [5.41, 5.74) is 1.82. The Morgan fingerprint density at radius 2 is 1.69 bits per heavy atom. The van der Waals surface area contributed by atoms with Crippen molar-refractivity contribution in [2.45, 2.75) is 47.0 Å². The van der Waals surface area contributed by atoms with Crippen LogP contribution in [-0.2, 0) is 5.41 Å². The molecule has 0 heterocycles. The molecule has 0 spiro atoms. The van der Waals surface area contributed by atoms with Crippen LogP contribution in [0.25, 0.3) is 0 Å². The van der Waals surface area contributed by atoms with Crippen LogP contribution in [0.4, 0.5) is 4.79 Å². The summed E-state index contributed by atoms with van der Waals surface area (Å²) in [6, 6.07) is 10.2. The van der Waals surface area contributed by atoms with E-state index in [1.54, 1.807) is 29.2 Å². The number of aryl methyl sites for hydroxylation is 1. The van der Waals surface area contributed by atoms with E-state index < -0.39 is 12.1 Å². The van der Waals surface area contributed by atoms with E-state index in [9.17, 15) is 9.59 Å². The molecule has 0 N–H and O–H groups in total. The third-order valence-corrected chi connectivity index (χ3v) is 4.82.